The molecule has 2 rings (SSSR count). The highest BCUT2D eigenvalue weighted by atomic mass is 16.2. The number of anilines is 1. The summed E-state index contributed by atoms with van der Waals surface area (Å²) in [6.45, 7) is 2.69. The molecule has 2 amide bonds. The highest BCUT2D eigenvalue weighted by Crippen LogP contribution is 2.14. The summed E-state index contributed by atoms with van der Waals surface area (Å²) in [7, 11) is 0. The average molecular weight is 418 g/mol. The Morgan fingerprint density at radius 2 is 1.93 bits per heavy atom. The Morgan fingerprint density at radius 3 is 2.57 bits per heavy atom. The minimum atomic E-state index is -0.868. The molecule has 12 heteroatoms. The van der Waals surface area contributed by atoms with Crippen molar-refractivity contribution < 1.29 is 19.2 Å². The van der Waals surface area contributed by atoms with Gasteiger partial charge in [-0.15, -0.1) is 0 Å². The fourth-order valence-electron chi connectivity index (χ4n) is 2.97. The van der Waals surface area contributed by atoms with E-state index >= 15 is 0 Å². The number of hydrogen-bond donors (Lipinski definition) is 3. The Morgan fingerprint density at radius 1 is 1.20 bits per heavy atom. The molecule has 0 fully saturated rings. The molecule has 162 valence electrons. The molecule has 0 radical (unpaired) electrons. The molecule has 0 aromatic carbocycles. The first-order valence-corrected chi connectivity index (χ1v) is 9.41. The van der Waals surface area contributed by atoms with Gasteiger partial charge >= 0.3 is 0 Å². The van der Waals surface area contributed by atoms with Crippen LogP contribution in [0.3, 0.4) is 0 Å². The van der Waals surface area contributed by atoms with Gasteiger partial charge in [0, 0.05) is 20.0 Å². The number of amides is 2. The number of nitrogens with zero attached hydrogens (tertiary/aromatic N) is 5. The molecule has 5 N–H and O–H groups in total. The van der Waals surface area contributed by atoms with Gasteiger partial charge in [-0.2, -0.15) is 0 Å². The van der Waals surface area contributed by atoms with Crippen molar-refractivity contribution in [3.05, 3.63) is 12.7 Å². The number of carbonyl (C=O) groups excluding carboxylic acids is 4. The number of nitrogens with one attached hydrogen (secondary N) is 1. The van der Waals surface area contributed by atoms with E-state index < -0.39 is 17.6 Å². The van der Waals surface area contributed by atoms with E-state index in [9.17, 15) is 19.2 Å². The van der Waals surface area contributed by atoms with Gasteiger partial charge in [0.2, 0.25) is 11.8 Å². The molecule has 0 aliphatic rings. The highest BCUT2D eigenvalue weighted by molar-refractivity contribution is 6.03. The van der Waals surface area contributed by atoms with Crippen LogP contribution in [0.1, 0.15) is 20.3 Å². The van der Waals surface area contributed by atoms with E-state index in [1.54, 1.807) is 0 Å². The van der Waals surface area contributed by atoms with Gasteiger partial charge in [0.25, 0.3) is 0 Å². The first-order chi connectivity index (χ1) is 14.2. The van der Waals surface area contributed by atoms with Gasteiger partial charge in [-0.3, -0.25) is 19.2 Å². The molecule has 2 aromatic rings. The van der Waals surface area contributed by atoms with Gasteiger partial charge in [-0.1, -0.05) is 0 Å². The normalized spacial score (nSPS) is 11.8. The van der Waals surface area contributed by atoms with E-state index in [4.69, 9.17) is 11.5 Å². The Hall–Kier alpha value is -3.41. The highest BCUT2D eigenvalue weighted by Gasteiger charge is 2.26. The third kappa shape index (κ3) is 5.80. The number of hydrogen-bond acceptors (Lipinski definition) is 9. The summed E-state index contributed by atoms with van der Waals surface area (Å²) in [5.41, 5.74) is 12.0. The smallest absolute Gasteiger partial charge is 0.243 e. The Labute approximate surface area is 173 Å². The van der Waals surface area contributed by atoms with Crippen LogP contribution < -0.4 is 16.8 Å². The molecule has 2 heterocycles. The van der Waals surface area contributed by atoms with Crippen molar-refractivity contribution >= 4 is 40.4 Å². The topological polar surface area (TPSA) is 179 Å². The maximum absolute atomic E-state index is 12.9. The quantitative estimate of drug-likeness (QED) is 0.366. The number of rotatable bonds is 11. The fraction of sp³-hybridized carbons (Fsp3) is 0.500. The molecular formula is C18H26N8O4. The van der Waals surface area contributed by atoms with E-state index in [-0.39, 0.29) is 56.7 Å². The Balaban J connectivity index is 2.18. The zero-order valence-electron chi connectivity index (χ0n) is 17.0. The number of nitrogens with two attached hydrogens (primary N) is 2. The molecule has 0 bridgehead atoms. The first-order valence-electron chi connectivity index (χ1n) is 9.41. The second kappa shape index (κ2) is 10.4. The summed E-state index contributed by atoms with van der Waals surface area (Å²) in [6.07, 6.45) is 2.89. The van der Waals surface area contributed by atoms with Crippen LogP contribution in [-0.4, -0.2) is 74.0 Å². The number of aromatic nitrogens is 4. The lowest BCUT2D eigenvalue weighted by atomic mass is 9.95. The summed E-state index contributed by atoms with van der Waals surface area (Å²) >= 11 is 0. The molecule has 0 saturated heterocycles. The lowest BCUT2D eigenvalue weighted by Gasteiger charge is -2.24. The van der Waals surface area contributed by atoms with E-state index in [2.05, 4.69) is 20.3 Å². The van der Waals surface area contributed by atoms with E-state index in [0.717, 1.165) is 0 Å². The molecular weight excluding hydrogens is 392 g/mol. The van der Waals surface area contributed by atoms with Gasteiger partial charge in [0.1, 0.15) is 24.2 Å². The minimum absolute atomic E-state index is 0.0984. The second-order valence-corrected chi connectivity index (χ2v) is 6.81. The Bertz CT molecular complexity index is 941. The summed E-state index contributed by atoms with van der Waals surface area (Å²) in [6, 6.07) is 0. The lowest BCUT2D eigenvalue weighted by Crippen LogP contribution is -2.44. The van der Waals surface area contributed by atoms with Crippen molar-refractivity contribution in [2.45, 2.75) is 26.8 Å². The monoisotopic (exact) mass is 418 g/mol. The number of imidazole rings is 1. The maximum Gasteiger partial charge on any atom is 0.243 e. The summed E-state index contributed by atoms with van der Waals surface area (Å²) in [5.74, 6) is -2.03. The molecule has 0 saturated carbocycles. The number of nitrogen functional groups attached to an aromatic ring is 1. The van der Waals surface area contributed by atoms with Gasteiger partial charge in [-0.25, -0.2) is 15.0 Å². The van der Waals surface area contributed by atoms with Crippen LogP contribution in [0.2, 0.25) is 0 Å². The van der Waals surface area contributed by atoms with Crippen LogP contribution in [0.4, 0.5) is 5.82 Å². The molecule has 12 nitrogen and oxygen atoms in total. The van der Waals surface area contributed by atoms with Crippen molar-refractivity contribution in [1.82, 2.24) is 29.7 Å². The van der Waals surface area contributed by atoms with Crippen LogP contribution in [0.15, 0.2) is 12.7 Å². The van der Waals surface area contributed by atoms with Crippen LogP contribution in [0.5, 0.6) is 0 Å². The number of Topliss-reactive ketones (excluding diaryl/α,β-unsaturated/α-hetero) is 2. The van der Waals surface area contributed by atoms with Crippen molar-refractivity contribution in [3.8, 4) is 0 Å². The predicted octanol–water partition coefficient (Wildman–Crippen LogP) is -1.50. The number of fused-ring (bicyclic) bond motifs is 1. The molecule has 1 atom stereocenters. The third-order valence-corrected chi connectivity index (χ3v) is 4.52. The van der Waals surface area contributed by atoms with Crippen LogP contribution in [-0.2, 0) is 25.7 Å². The SMILES string of the molecule is CC(=O)NCCN(CC(=O)C(CCN)C(C)=O)C(=O)Cn1cnc2c(N)ncnc21. The molecule has 30 heavy (non-hydrogen) atoms. The average Bonchev–Trinajstić information content (AvgIpc) is 3.08. The summed E-state index contributed by atoms with van der Waals surface area (Å²) in [4.78, 5) is 61.9. The Kier molecular flexibility index (Phi) is 7.92. The minimum Gasteiger partial charge on any atom is -0.382 e. The zero-order chi connectivity index (χ0) is 22.3. The van der Waals surface area contributed by atoms with E-state index in [0.29, 0.717) is 11.2 Å². The number of ketones is 2. The van der Waals surface area contributed by atoms with Crippen LogP contribution in [0, 0.1) is 5.92 Å². The fourth-order valence-corrected chi connectivity index (χ4v) is 2.97. The lowest BCUT2D eigenvalue weighted by molar-refractivity contribution is -0.139. The largest absolute Gasteiger partial charge is 0.382 e. The third-order valence-electron chi connectivity index (χ3n) is 4.52. The van der Waals surface area contributed by atoms with E-state index in [1.165, 1.54) is 36.0 Å². The second-order valence-electron chi connectivity index (χ2n) is 6.81. The van der Waals surface area contributed by atoms with Crippen molar-refractivity contribution in [3.63, 3.8) is 0 Å². The van der Waals surface area contributed by atoms with Gasteiger partial charge in [-0.05, 0) is 19.9 Å². The van der Waals surface area contributed by atoms with Crippen molar-refractivity contribution in [2.24, 2.45) is 11.7 Å². The van der Waals surface area contributed by atoms with Crippen molar-refractivity contribution in [2.75, 3.05) is 31.9 Å². The molecule has 1 unspecified atom stereocenters. The van der Waals surface area contributed by atoms with E-state index in [1.807, 2.05) is 0 Å². The number of carbonyl (C=O) groups is 4. The molecule has 0 aliphatic carbocycles. The van der Waals surface area contributed by atoms with Crippen LogP contribution >= 0.6 is 0 Å². The summed E-state index contributed by atoms with van der Waals surface area (Å²) < 4.78 is 1.49. The standard InChI is InChI=1S/C18H26N8O4/c1-11(27)13(3-4-19)14(29)7-25(6-5-21-12(2)28)15(30)8-26-10-24-16-17(20)22-9-23-18(16)26/h9-10,13H,3-8,19H2,1-2H3,(H,21,28)(H2,20,22,23). The predicted molar refractivity (Wildman–Crippen MR) is 108 cm³/mol. The summed E-state index contributed by atoms with van der Waals surface area (Å²) in [5, 5.41) is 2.59. The van der Waals surface area contributed by atoms with Gasteiger partial charge in [0.05, 0.1) is 18.8 Å². The molecule has 2 aromatic heterocycles. The maximum atomic E-state index is 12.9. The zero-order valence-corrected chi connectivity index (χ0v) is 17.0. The molecule has 0 spiro atoms. The first kappa shape index (κ1) is 22.9. The molecule has 0 aliphatic heterocycles. The van der Waals surface area contributed by atoms with Crippen molar-refractivity contribution in [1.29, 1.82) is 0 Å². The van der Waals surface area contributed by atoms with Gasteiger partial charge in [0.15, 0.2) is 17.2 Å². The van der Waals surface area contributed by atoms with Crippen LogP contribution in [0.25, 0.3) is 11.2 Å². The van der Waals surface area contributed by atoms with Gasteiger partial charge < -0.3 is 26.3 Å².